The summed E-state index contributed by atoms with van der Waals surface area (Å²) in [5, 5.41) is -0.641. The van der Waals surface area contributed by atoms with E-state index in [9.17, 15) is 4.11 Å². The van der Waals surface area contributed by atoms with E-state index in [0.717, 1.165) is 11.1 Å². The fraction of sp³-hybridized carbons (Fsp3) is 0. The summed E-state index contributed by atoms with van der Waals surface area (Å²) in [5.74, 6) is 0.474. The normalized spacial score (nSPS) is 15.3. The number of aromatic nitrogens is 4. The first kappa shape index (κ1) is 20.2. The molecule has 0 unspecified atom stereocenters. The van der Waals surface area contributed by atoms with Gasteiger partial charge in [-0.15, -0.1) is 0 Å². The maximum absolute atomic E-state index is 9.39. The fourth-order valence-electron chi connectivity index (χ4n) is 7.11. The van der Waals surface area contributed by atoms with E-state index >= 15 is 0 Å². The first-order valence-corrected chi connectivity index (χ1v) is 17.6. The van der Waals surface area contributed by atoms with Gasteiger partial charge < -0.3 is 8.98 Å². The Hall–Kier alpha value is -7.63. The summed E-state index contributed by atoms with van der Waals surface area (Å²) in [4.78, 5) is 15.0. The fourth-order valence-corrected chi connectivity index (χ4v) is 7.11. The van der Waals surface area contributed by atoms with Crippen molar-refractivity contribution >= 4 is 43.7 Å². The minimum Gasteiger partial charge on any atom is -0.456 e. The summed E-state index contributed by atoms with van der Waals surface area (Å²) < 4.78 is 141. The quantitative estimate of drug-likeness (QED) is 0.171. The van der Waals surface area contributed by atoms with Crippen LogP contribution in [-0.2, 0) is 0 Å². The van der Waals surface area contributed by atoms with Gasteiger partial charge in [-0.3, -0.25) is 0 Å². The van der Waals surface area contributed by atoms with Gasteiger partial charge in [-0.1, -0.05) is 151 Å². The van der Waals surface area contributed by atoms with Crippen molar-refractivity contribution in [1.82, 2.24) is 19.5 Å². The third kappa shape index (κ3) is 5.29. The molecule has 0 atom stereocenters. The standard InChI is InChI=1S/C51H32N4O/c1-3-15-33(16-4-1)35-19-13-20-37(31-35)50-52-49(34-17-5-2-6-18-34)53-51(54-50)41-30-29-36(38-24-14-28-47-48(38)42-23-9-12-27-46(42)56-47)32-45(41)55-43-25-10-7-21-39(43)40-22-8-11-26-44(40)55/h1-32H/i7D,8D,9D,10D,11D,12D,14D,21D,22D,23D,24D,25D,26D,27D,28D. The summed E-state index contributed by atoms with van der Waals surface area (Å²) in [5.41, 5.74) is 2.07. The minimum atomic E-state index is -0.661. The summed E-state index contributed by atoms with van der Waals surface area (Å²) in [6, 6.07) is 22.1. The first-order chi connectivity index (χ1) is 34.0. The zero-order valence-electron chi connectivity index (χ0n) is 44.0. The van der Waals surface area contributed by atoms with Crippen LogP contribution in [0.1, 0.15) is 20.6 Å². The van der Waals surface area contributed by atoms with Crippen molar-refractivity contribution in [1.29, 1.82) is 0 Å². The number of furan rings is 1. The van der Waals surface area contributed by atoms with Crippen LogP contribution in [0.25, 0.3) is 106 Å². The van der Waals surface area contributed by atoms with E-state index in [1.165, 1.54) is 10.6 Å². The Bertz CT molecular complexity index is 4050. The monoisotopic (exact) mass is 731 g/mol. The Labute approximate surface area is 343 Å². The van der Waals surface area contributed by atoms with E-state index < -0.39 is 90.6 Å². The lowest BCUT2D eigenvalue weighted by atomic mass is 9.97. The van der Waals surface area contributed by atoms with Crippen LogP contribution in [-0.4, -0.2) is 19.5 Å². The second kappa shape index (κ2) is 13.0. The number of para-hydroxylation sites is 3. The molecular formula is C51H32N4O. The number of hydrogen-bond acceptors (Lipinski definition) is 4. The molecule has 0 spiro atoms. The highest BCUT2D eigenvalue weighted by Gasteiger charge is 2.21. The molecule has 3 heterocycles. The maximum Gasteiger partial charge on any atom is 0.166 e. The van der Waals surface area contributed by atoms with Gasteiger partial charge in [-0.05, 0) is 64.6 Å². The van der Waals surface area contributed by atoms with Gasteiger partial charge >= 0.3 is 0 Å². The molecule has 0 radical (unpaired) electrons. The molecule has 3 aromatic heterocycles. The molecule has 0 bridgehead atoms. The Balaban J connectivity index is 1.32. The summed E-state index contributed by atoms with van der Waals surface area (Å²) in [6.45, 7) is 0. The molecule has 56 heavy (non-hydrogen) atoms. The minimum absolute atomic E-state index is 0.0130. The molecule has 0 N–H and O–H groups in total. The number of hydrogen-bond donors (Lipinski definition) is 0. The smallest absolute Gasteiger partial charge is 0.166 e. The van der Waals surface area contributed by atoms with Crippen LogP contribution in [0.2, 0.25) is 0 Å². The van der Waals surface area contributed by atoms with Crippen LogP contribution in [0.4, 0.5) is 0 Å². The Morgan fingerprint density at radius 2 is 1.00 bits per heavy atom. The van der Waals surface area contributed by atoms with E-state index in [1.807, 2.05) is 84.9 Å². The van der Waals surface area contributed by atoms with Crippen molar-refractivity contribution < 1.29 is 25.0 Å². The highest BCUT2D eigenvalue weighted by molar-refractivity contribution is 6.13. The second-order valence-electron chi connectivity index (χ2n) is 12.9. The Kier molecular flexibility index (Phi) is 4.70. The van der Waals surface area contributed by atoms with Crippen LogP contribution >= 0.6 is 0 Å². The van der Waals surface area contributed by atoms with Gasteiger partial charge in [0, 0.05) is 38.2 Å². The molecule has 11 rings (SSSR count). The van der Waals surface area contributed by atoms with Crippen molar-refractivity contribution in [2.75, 3.05) is 0 Å². The molecule has 0 aliphatic rings. The third-order valence-electron chi connectivity index (χ3n) is 9.64. The average molecular weight is 732 g/mol. The molecule has 5 nitrogen and oxygen atoms in total. The Morgan fingerprint density at radius 3 is 1.75 bits per heavy atom. The molecule has 5 heteroatoms. The lowest BCUT2D eigenvalue weighted by molar-refractivity contribution is 0.669. The molecule has 11 aromatic rings. The zero-order chi connectivity index (χ0) is 50.1. The summed E-state index contributed by atoms with van der Waals surface area (Å²) in [7, 11) is 0. The van der Waals surface area contributed by atoms with Crippen LogP contribution < -0.4 is 0 Å². The SMILES string of the molecule is [2H]c1c([2H])c([2H])c2c(oc3c([2H])c([2H])c([2H])c(-c4ccc(-c5nc(-c6ccccc6)nc(-c6cccc(-c7ccccc7)c6)n5)c(-n5c6c([2H])c([2H])c([2H])c([2H])c6c6c([2H])c([2H])c([2H])c([2H])c65)c4)c32)c1[2H]. The topological polar surface area (TPSA) is 56.7 Å². The van der Waals surface area contributed by atoms with Crippen molar-refractivity contribution in [2.45, 2.75) is 0 Å². The highest BCUT2D eigenvalue weighted by Crippen LogP contribution is 2.41. The highest BCUT2D eigenvalue weighted by atomic mass is 16.3. The van der Waals surface area contributed by atoms with Gasteiger partial charge in [0.15, 0.2) is 17.5 Å². The van der Waals surface area contributed by atoms with Gasteiger partial charge in [0.1, 0.15) is 11.2 Å². The van der Waals surface area contributed by atoms with Crippen molar-refractivity contribution in [2.24, 2.45) is 0 Å². The molecule has 0 saturated heterocycles. The van der Waals surface area contributed by atoms with E-state index in [-0.39, 0.29) is 83.6 Å². The summed E-state index contributed by atoms with van der Waals surface area (Å²) >= 11 is 0. The van der Waals surface area contributed by atoms with E-state index in [0.29, 0.717) is 11.1 Å². The second-order valence-corrected chi connectivity index (χ2v) is 12.9. The predicted molar refractivity (Wildman–Crippen MR) is 229 cm³/mol. The lowest BCUT2D eigenvalue weighted by Crippen LogP contribution is -2.04. The molecule has 262 valence electrons. The van der Waals surface area contributed by atoms with E-state index in [1.54, 1.807) is 12.1 Å². The number of nitrogens with zero attached hydrogens (tertiary/aromatic N) is 4. The molecule has 0 aliphatic heterocycles. The molecule has 0 fully saturated rings. The van der Waals surface area contributed by atoms with Gasteiger partial charge in [0.25, 0.3) is 0 Å². The van der Waals surface area contributed by atoms with Crippen molar-refractivity contribution in [3.8, 4) is 62.1 Å². The van der Waals surface area contributed by atoms with Gasteiger partial charge in [0.05, 0.1) is 37.3 Å². The van der Waals surface area contributed by atoms with Crippen LogP contribution in [0.5, 0.6) is 0 Å². The molecule has 0 aliphatic carbocycles. The van der Waals surface area contributed by atoms with E-state index in [2.05, 4.69) is 0 Å². The number of benzene rings is 8. The maximum atomic E-state index is 9.39. The largest absolute Gasteiger partial charge is 0.456 e. The Morgan fingerprint density at radius 1 is 0.411 bits per heavy atom. The predicted octanol–water partition coefficient (Wildman–Crippen LogP) is 13.2. The van der Waals surface area contributed by atoms with Crippen molar-refractivity contribution in [3.63, 3.8) is 0 Å². The number of rotatable bonds is 6. The molecule has 0 amide bonds. The van der Waals surface area contributed by atoms with Crippen molar-refractivity contribution in [3.05, 3.63) is 194 Å². The average Bonchev–Trinajstić information content (AvgIpc) is 3.97. The lowest BCUT2D eigenvalue weighted by Gasteiger charge is -2.17. The van der Waals surface area contributed by atoms with Crippen LogP contribution in [0, 0.1) is 0 Å². The van der Waals surface area contributed by atoms with Crippen LogP contribution in [0.15, 0.2) is 198 Å². The molecular weight excluding hydrogens is 685 g/mol. The van der Waals surface area contributed by atoms with E-state index in [4.69, 9.17) is 35.8 Å². The zero-order valence-corrected chi connectivity index (χ0v) is 29.0. The molecule has 8 aromatic carbocycles. The summed E-state index contributed by atoms with van der Waals surface area (Å²) in [6.07, 6.45) is 0. The van der Waals surface area contributed by atoms with Gasteiger partial charge in [-0.2, -0.15) is 0 Å². The number of fused-ring (bicyclic) bond motifs is 6. The third-order valence-corrected chi connectivity index (χ3v) is 9.64. The van der Waals surface area contributed by atoms with Gasteiger partial charge in [-0.25, -0.2) is 15.0 Å². The molecule has 0 saturated carbocycles. The first-order valence-electron chi connectivity index (χ1n) is 25.1. The van der Waals surface area contributed by atoms with Gasteiger partial charge in [0.2, 0.25) is 0 Å². The van der Waals surface area contributed by atoms with Crippen LogP contribution in [0.3, 0.4) is 0 Å².